The number of nitrogens with one attached hydrogen (secondary N) is 1. The van der Waals surface area contributed by atoms with Gasteiger partial charge in [0, 0.05) is 25.1 Å². The number of methoxy groups -OCH3 is 1. The van der Waals surface area contributed by atoms with Gasteiger partial charge in [-0.05, 0) is 50.9 Å². The van der Waals surface area contributed by atoms with E-state index < -0.39 is 0 Å². The highest BCUT2D eigenvalue weighted by Gasteiger charge is 2.56. The maximum Gasteiger partial charge on any atom is 0.407 e. The number of alkyl carbamates (subject to hydrolysis) is 1. The fourth-order valence-electron chi connectivity index (χ4n) is 4.90. The number of nitrogens with two attached hydrogens (primary N) is 1. The first-order valence-electron chi connectivity index (χ1n) is 9.74. The monoisotopic (exact) mass is 354 g/mol. The van der Waals surface area contributed by atoms with E-state index in [0.717, 1.165) is 38.5 Å². The van der Waals surface area contributed by atoms with Crippen molar-refractivity contribution < 1.29 is 19.0 Å². The summed E-state index contributed by atoms with van der Waals surface area (Å²) in [7, 11) is 1.71. The summed E-state index contributed by atoms with van der Waals surface area (Å²) in [4.78, 5) is 12.4. The zero-order valence-corrected chi connectivity index (χ0v) is 16.0. The molecule has 3 N–H and O–H groups in total. The van der Waals surface area contributed by atoms with E-state index in [9.17, 15) is 4.79 Å². The zero-order chi connectivity index (χ0) is 18.2. The molecular weight excluding hydrogens is 320 g/mol. The normalized spacial score (nSPS) is 43.3. The minimum absolute atomic E-state index is 0.00333. The Balaban J connectivity index is 1.59. The number of carbonyl (C=O) groups is 1. The van der Waals surface area contributed by atoms with Crippen molar-refractivity contribution in [1.29, 1.82) is 0 Å². The molecule has 0 bridgehead atoms. The van der Waals surface area contributed by atoms with Crippen LogP contribution in [-0.2, 0) is 14.2 Å². The lowest BCUT2D eigenvalue weighted by molar-refractivity contribution is -0.112. The Kier molecular flexibility index (Phi) is 5.61. The van der Waals surface area contributed by atoms with Crippen LogP contribution >= 0.6 is 0 Å². The van der Waals surface area contributed by atoms with E-state index in [2.05, 4.69) is 26.1 Å². The largest absolute Gasteiger partial charge is 0.443 e. The summed E-state index contributed by atoms with van der Waals surface area (Å²) in [5.74, 6) is 0.242. The van der Waals surface area contributed by atoms with Crippen LogP contribution in [0.1, 0.15) is 59.3 Å². The molecule has 2 aliphatic carbocycles. The minimum atomic E-state index is -0.323. The van der Waals surface area contributed by atoms with Crippen LogP contribution in [0.3, 0.4) is 0 Å². The van der Waals surface area contributed by atoms with Gasteiger partial charge in [-0.1, -0.05) is 13.8 Å². The van der Waals surface area contributed by atoms with Gasteiger partial charge < -0.3 is 25.3 Å². The van der Waals surface area contributed by atoms with E-state index in [-0.39, 0.29) is 53.9 Å². The summed E-state index contributed by atoms with van der Waals surface area (Å²) in [6.45, 7) is 6.57. The van der Waals surface area contributed by atoms with Crippen LogP contribution in [0.15, 0.2) is 0 Å². The van der Waals surface area contributed by atoms with E-state index in [1.54, 1.807) is 7.11 Å². The Morgan fingerprint density at radius 3 is 2.48 bits per heavy atom. The van der Waals surface area contributed by atoms with Crippen LogP contribution in [0, 0.1) is 11.3 Å². The number of amides is 1. The van der Waals surface area contributed by atoms with Gasteiger partial charge in [0.15, 0.2) is 0 Å². The molecule has 0 spiro atoms. The van der Waals surface area contributed by atoms with Crippen molar-refractivity contribution in [2.24, 2.45) is 17.1 Å². The first-order chi connectivity index (χ1) is 11.8. The molecule has 144 valence electrons. The summed E-state index contributed by atoms with van der Waals surface area (Å²) in [6, 6.07) is 0.449. The average Bonchev–Trinajstić information content (AvgIpc) is 2.80. The molecule has 3 aliphatic rings. The smallest absolute Gasteiger partial charge is 0.407 e. The maximum absolute atomic E-state index is 12.4. The van der Waals surface area contributed by atoms with Crippen LogP contribution in [0.25, 0.3) is 0 Å². The molecule has 25 heavy (non-hydrogen) atoms. The highest BCUT2D eigenvalue weighted by Crippen LogP contribution is 2.50. The molecule has 0 aromatic rings. The molecule has 6 nitrogen and oxygen atoms in total. The van der Waals surface area contributed by atoms with Gasteiger partial charge in [-0.25, -0.2) is 4.79 Å². The van der Waals surface area contributed by atoms with E-state index in [0.29, 0.717) is 0 Å². The Morgan fingerprint density at radius 2 is 1.84 bits per heavy atom. The summed E-state index contributed by atoms with van der Waals surface area (Å²) in [5, 5.41) is 3.02. The first-order valence-corrected chi connectivity index (χ1v) is 9.74. The second-order valence-electron chi connectivity index (χ2n) is 8.64. The quantitative estimate of drug-likeness (QED) is 0.814. The van der Waals surface area contributed by atoms with E-state index in [4.69, 9.17) is 19.9 Å². The Hall–Kier alpha value is -0.850. The predicted molar refractivity (Wildman–Crippen MR) is 95.3 cm³/mol. The van der Waals surface area contributed by atoms with E-state index in [1.807, 2.05) is 0 Å². The molecule has 5 unspecified atom stereocenters. The van der Waals surface area contributed by atoms with Crippen molar-refractivity contribution in [2.75, 3.05) is 7.11 Å². The molecule has 0 aromatic carbocycles. The molecule has 1 aliphatic heterocycles. The number of fused-ring (bicyclic) bond motifs is 1. The number of ether oxygens (including phenoxy) is 3. The number of rotatable bonds is 3. The third-order valence-corrected chi connectivity index (χ3v) is 6.77. The molecule has 5 atom stereocenters. The van der Waals surface area contributed by atoms with Gasteiger partial charge in [0.25, 0.3) is 0 Å². The zero-order valence-electron chi connectivity index (χ0n) is 16.0. The first kappa shape index (κ1) is 18.9. The highest BCUT2D eigenvalue weighted by atomic mass is 16.6. The van der Waals surface area contributed by atoms with E-state index >= 15 is 0 Å². The molecule has 3 fully saturated rings. The molecular formula is C19H34N2O4. The lowest BCUT2D eigenvalue weighted by atomic mass is 9.67. The molecule has 1 amide bonds. The summed E-state index contributed by atoms with van der Waals surface area (Å²) in [6.07, 6.45) is 5.18. The number of carbonyl (C=O) groups excluding carboxylic acids is 1. The molecule has 0 radical (unpaired) electrons. The van der Waals surface area contributed by atoms with Gasteiger partial charge in [0.05, 0.1) is 18.3 Å². The fraction of sp³-hybridized carbons (Fsp3) is 0.947. The van der Waals surface area contributed by atoms with Crippen LogP contribution in [0.2, 0.25) is 0 Å². The third-order valence-electron chi connectivity index (χ3n) is 6.77. The van der Waals surface area contributed by atoms with Crippen LogP contribution in [-0.4, -0.2) is 49.7 Å². The van der Waals surface area contributed by atoms with Crippen LogP contribution < -0.4 is 11.1 Å². The Labute approximate surface area is 151 Å². The lowest BCUT2D eigenvalue weighted by Gasteiger charge is -2.42. The van der Waals surface area contributed by atoms with Crippen LogP contribution in [0.4, 0.5) is 4.79 Å². The van der Waals surface area contributed by atoms with Crippen molar-refractivity contribution in [1.82, 2.24) is 5.32 Å². The second kappa shape index (κ2) is 7.41. The summed E-state index contributed by atoms with van der Waals surface area (Å²) < 4.78 is 17.8. The molecule has 2 saturated carbocycles. The van der Waals surface area contributed by atoms with Crippen molar-refractivity contribution in [3.63, 3.8) is 0 Å². The standard InChI is InChI=1S/C19H34N2O4/c1-11-19(2,3)16-14(24-11)9-10-15(17(16)23-4)25-18(22)21-13-7-5-12(20)6-8-13/h11-17H,5-10,20H2,1-4H3,(H,21,22)/t11?,12-,13-,14?,15?,16?,17?. The third kappa shape index (κ3) is 3.81. The van der Waals surface area contributed by atoms with Crippen molar-refractivity contribution in [3.8, 4) is 0 Å². The predicted octanol–water partition coefficient (Wildman–Crippen LogP) is 2.59. The fourth-order valence-corrected chi connectivity index (χ4v) is 4.90. The highest BCUT2D eigenvalue weighted by molar-refractivity contribution is 5.67. The van der Waals surface area contributed by atoms with Crippen molar-refractivity contribution in [3.05, 3.63) is 0 Å². The molecule has 1 saturated heterocycles. The molecule has 3 rings (SSSR count). The molecule has 0 aromatic heterocycles. The summed E-state index contributed by atoms with van der Waals surface area (Å²) in [5.41, 5.74) is 5.93. The number of hydrogen-bond acceptors (Lipinski definition) is 5. The van der Waals surface area contributed by atoms with Gasteiger partial charge in [0.2, 0.25) is 0 Å². The van der Waals surface area contributed by atoms with Gasteiger partial charge in [-0.2, -0.15) is 0 Å². The van der Waals surface area contributed by atoms with Crippen molar-refractivity contribution >= 4 is 6.09 Å². The van der Waals surface area contributed by atoms with E-state index in [1.165, 1.54) is 0 Å². The van der Waals surface area contributed by atoms with Gasteiger partial charge >= 0.3 is 6.09 Å². The maximum atomic E-state index is 12.4. The topological polar surface area (TPSA) is 82.8 Å². The lowest BCUT2D eigenvalue weighted by Crippen LogP contribution is -2.52. The van der Waals surface area contributed by atoms with Crippen molar-refractivity contribution in [2.45, 2.75) is 95.8 Å². The van der Waals surface area contributed by atoms with Gasteiger partial charge in [-0.3, -0.25) is 0 Å². The Morgan fingerprint density at radius 1 is 1.16 bits per heavy atom. The Bertz CT molecular complexity index is 476. The SMILES string of the molecule is COC1C(OC(=O)N[C@H]2CC[C@H](N)CC2)CCC2OC(C)C(C)(C)C21. The minimum Gasteiger partial charge on any atom is -0.443 e. The average molecular weight is 354 g/mol. The van der Waals surface area contributed by atoms with Crippen LogP contribution in [0.5, 0.6) is 0 Å². The molecule has 1 heterocycles. The summed E-state index contributed by atoms with van der Waals surface area (Å²) >= 11 is 0. The second-order valence-corrected chi connectivity index (χ2v) is 8.64. The number of hydrogen-bond donors (Lipinski definition) is 2. The van der Waals surface area contributed by atoms with Gasteiger partial charge in [-0.15, -0.1) is 0 Å². The van der Waals surface area contributed by atoms with Gasteiger partial charge in [0.1, 0.15) is 6.10 Å². The molecule has 6 heteroatoms.